The van der Waals surface area contributed by atoms with Crippen molar-refractivity contribution in [2.45, 2.75) is 31.7 Å². The number of rotatable bonds is 5. The highest BCUT2D eigenvalue weighted by Gasteiger charge is 2.25. The monoisotopic (exact) mass is 426 g/mol. The number of ether oxygens (including phenoxy) is 2. The number of aromatic nitrogens is 1. The molecule has 3 heterocycles. The van der Waals surface area contributed by atoms with Crippen molar-refractivity contribution in [2.75, 3.05) is 38.2 Å². The molecule has 0 saturated carbocycles. The molecule has 2 amide bonds. The van der Waals surface area contributed by atoms with Crippen LogP contribution in [0.25, 0.3) is 0 Å². The predicted octanol–water partition coefficient (Wildman–Crippen LogP) is 2.47. The highest BCUT2D eigenvalue weighted by atomic mass is 16.6. The van der Waals surface area contributed by atoms with Gasteiger partial charge >= 0.3 is 11.8 Å². The number of fused-ring (bicyclic) bond motifs is 1. The fraction of sp³-hybridized carbons (Fsp3) is 0.478. The Bertz CT molecular complexity index is 918. The van der Waals surface area contributed by atoms with E-state index in [1.54, 1.807) is 18.2 Å². The number of amides is 2. The van der Waals surface area contributed by atoms with Crippen LogP contribution in [-0.2, 0) is 16.6 Å². The first-order valence-corrected chi connectivity index (χ1v) is 11.0. The minimum Gasteiger partial charge on any atom is -0.486 e. The first-order chi connectivity index (χ1) is 15.1. The molecule has 0 spiro atoms. The second-order valence-electron chi connectivity index (χ2n) is 8.03. The van der Waals surface area contributed by atoms with Crippen molar-refractivity contribution in [3.63, 3.8) is 0 Å². The van der Waals surface area contributed by atoms with Crippen LogP contribution >= 0.6 is 0 Å². The fourth-order valence-electron chi connectivity index (χ4n) is 4.23. The van der Waals surface area contributed by atoms with Gasteiger partial charge in [-0.25, -0.2) is 0 Å². The average molecular weight is 427 g/mol. The number of nitrogens with one attached hydrogen (secondary N) is 2. The molecule has 1 atom stereocenters. The summed E-state index contributed by atoms with van der Waals surface area (Å²) in [6, 6.07) is 9.22. The van der Waals surface area contributed by atoms with Gasteiger partial charge in [0.15, 0.2) is 11.5 Å². The molecule has 2 aliphatic heterocycles. The lowest BCUT2D eigenvalue weighted by molar-refractivity contribution is -0.136. The number of aryl methyl sites for hydroxylation is 1. The van der Waals surface area contributed by atoms with Crippen LogP contribution in [0, 0.1) is 0 Å². The largest absolute Gasteiger partial charge is 0.486 e. The Morgan fingerprint density at radius 2 is 1.74 bits per heavy atom. The van der Waals surface area contributed by atoms with Gasteiger partial charge in [-0.3, -0.25) is 14.5 Å². The summed E-state index contributed by atoms with van der Waals surface area (Å²) >= 11 is 0. The third-order valence-corrected chi connectivity index (χ3v) is 5.87. The molecule has 1 saturated heterocycles. The van der Waals surface area contributed by atoms with E-state index in [-0.39, 0.29) is 6.04 Å². The van der Waals surface area contributed by atoms with Gasteiger partial charge in [-0.05, 0) is 50.2 Å². The van der Waals surface area contributed by atoms with Crippen molar-refractivity contribution >= 4 is 17.5 Å². The standard InChI is InChI=1S/C23H30N4O4/c1-26-10-6-7-18(26)19(27-11-4-2-3-5-12-27)16-24-22(28)23(29)25-17-8-9-20-21(15-17)31-14-13-30-20/h6-10,15,19H,2-5,11-14,16H2,1H3,(H,24,28)(H,25,29)/t19-/m0/s1. The van der Waals surface area contributed by atoms with Crippen molar-refractivity contribution in [1.29, 1.82) is 0 Å². The third kappa shape index (κ3) is 5.19. The van der Waals surface area contributed by atoms with E-state index >= 15 is 0 Å². The second kappa shape index (κ2) is 9.87. The fourth-order valence-corrected chi connectivity index (χ4v) is 4.23. The number of hydrogen-bond donors (Lipinski definition) is 2. The number of nitrogens with zero attached hydrogens (tertiary/aromatic N) is 2. The topological polar surface area (TPSA) is 84.8 Å². The molecule has 31 heavy (non-hydrogen) atoms. The Hall–Kier alpha value is -3.00. The maximum atomic E-state index is 12.5. The maximum Gasteiger partial charge on any atom is 0.313 e. The Labute approximate surface area is 182 Å². The molecule has 2 aliphatic rings. The Kier molecular flexibility index (Phi) is 6.76. The van der Waals surface area contributed by atoms with Crippen molar-refractivity contribution < 1.29 is 19.1 Å². The molecule has 2 N–H and O–H groups in total. The van der Waals surface area contributed by atoms with E-state index in [2.05, 4.69) is 26.2 Å². The smallest absolute Gasteiger partial charge is 0.313 e. The van der Waals surface area contributed by atoms with Crippen LogP contribution in [-0.4, -0.2) is 54.1 Å². The molecule has 1 fully saturated rings. The molecular weight excluding hydrogens is 396 g/mol. The van der Waals surface area contributed by atoms with Gasteiger partial charge in [0.1, 0.15) is 13.2 Å². The van der Waals surface area contributed by atoms with Crippen LogP contribution in [0.2, 0.25) is 0 Å². The average Bonchev–Trinajstić information content (AvgIpc) is 3.03. The van der Waals surface area contributed by atoms with E-state index < -0.39 is 11.8 Å². The minimum atomic E-state index is -0.696. The molecule has 4 rings (SSSR count). The first-order valence-electron chi connectivity index (χ1n) is 11.0. The molecule has 0 radical (unpaired) electrons. The van der Waals surface area contributed by atoms with Gasteiger partial charge in [0.25, 0.3) is 0 Å². The summed E-state index contributed by atoms with van der Waals surface area (Å²) in [6.45, 7) is 3.33. The Morgan fingerprint density at radius 1 is 1.00 bits per heavy atom. The highest BCUT2D eigenvalue weighted by Crippen LogP contribution is 2.32. The van der Waals surface area contributed by atoms with Gasteiger partial charge in [-0.15, -0.1) is 0 Å². The van der Waals surface area contributed by atoms with Crippen LogP contribution in [0.1, 0.15) is 37.4 Å². The van der Waals surface area contributed by atoms with E-state index in [4.69, 9.17) is 9.47 Å². The molecular formula is C23H30N4O4. The van der Waals surface area contributed by atoms with E-state index in [1.807, 2.05) is 19.3 Å². The van der Waals surface area contributed by atoms with Crippen molar-refractivity contribution in [3.05, 3.63) is 42.2 Å². The van der Waals surface area contributed by atoms with Crippen LogP contribution in [0.5, 0.6) is 11.5 Å². The molecule has 8 heteroatoms. The lowest BCUT2D eigenvalue weighted by atomic mass is 10.1. The summed E-state index contributed by atoms with van der Waals surface area (Å²) in [6.07, 6.45) is 6.79. The zero-order valence-electron chi connectivity index (χ0n) is 17.9. The van der Waals surface area contributed by atoms with Crippen molar-refractivity contribution in [3.8, 4) is 11.5 Å². The van der Waals surface area contributed by atoms with Gasteiger partial charge in [0, 0.05) is 37.2 Å². The molecule has 166 valence electrons. The van der Waals surface area contributed by atoms with Crippen LogP contribution in [0.4, 0.5) is 5.69 Å². The number of carbonyl (C=O) groups excluding carboxylic acids is 2. The molecule has 0 bridgehead atoms. The van der Waals surface area contributed by atoms with Gasteiger partial charge in [0.05, 0.1) is 6.04 Å². The lowest BCUT2D eigenvalue weighted by Crippen LogP contribution is -2.42. The molecule has 0 aliphatic carbocycles. The van der Waals surface area contributed by atoms with Gasteiger partial charge in [-0.2, -0.15) is 0 Å². The van der Waals surface area contributed by atoms with E-state index in [0.29, 0.717) is 36.9 Å². The number of hydrogen-bond acceptors (Lipinski definition) is 5. The van der Waals surface area contributed by atoms with Gasteiger partial charge in [-0.1, -0.05) is 12.8 Å². The van der Waals surface area contributed by atoms with Crippen LogP contribution in [0.3, 0.4) is 0 Å². The summed E-state index contributed by atoms with van der Waals surface area (Å²) in [4.78, 5) is 27.4. The second-order valence-corrected chi connectivity index (χ2v) is 8.03. The number of anilines is 1. The molecule has 8 nitrogen and oxygen atoms in total. The molecule has 0 unspecified atom stereocenters. The first kappa shape index (κ1) is 21.2. The van der Waals surface area contributed by atoms with Gasteiger partial charge in [0.2, 0.25) is 0 Å². The maximum absolute atomic E-state index is 12.5. The zero-order chi connectivity index (χ0) is 21.6. The van der Waals surface area contributed by atoms with E-state index in [0.717, 1.165) is 31.6 Å². The van der Waals surface area contributed by atoms with Crippen LogP contribution in [0.15, 0.2) is 36.5 Å². The molecule has 1 aromatic carbocycles. The lowest BCUT2D eigenvalue weighted by Gasteiger charge is -2.31. The van der Waals surface area contributed by atoms with Crippen molar-refractivity contribution in [2.24, 2.45) is 7.05 Å². The Morgan fingerprint density at radius 3 is 2.45 bits per heavy atom. The number of carbonyl (C=O) groups is 2. The van der Waals surface area contributed by atoms with Crippen LogP contribution < -0.4 is 20.1 Å². The van der Waals surface area contributed by atoms with E-state index in [9.17, 15) is 9.59 Å². The summed E-state index contributed by atoms with van der Waals surface area (Å²) < 4.78 is 13.1. The highest BCUT2D eigenvalue weighted by molar-refractivity contribution is 6.39. The minimum absolute atomic E-state index is 0.0316. The van der Waals surface area contributed by atoms with Gasteiger partial charge < -0.3 is 24.7 Å². The SMILES string of the molecule is Cn1cccc1[C@H](CNC(=O)C(=O)Nc1ccc2c(c1)OCCO2)N1CCCCCC1. The third-order valence-electron chi connectivity index (χ3n) is 5.87. The zero-order valence-corrected chi connectivity index (χ0v) is 17.9. The quantitative estimate of drug-likeness (QED) is 0.718. The van der Waals surface area contributed by atoms with Crippen molar-refractivity contribution in [1.82, 2.24) is 14.8 Å². The molecule has 1 aromatic heterocycles. The van der Waals surface area contributed by atoms with E-state index in [1.165, 1.54) is 12.8 Å². The summed E-state index contributed by atoms with van der Waals surface area (Å²) in [5, 5.41) is 5.48. The number of benzene rings is 1. The predicted molar refractivity (Wildman–Crippen MR) is 117 cm³/mol. The molecule has 2 aromatic rings. The summed E-state index contributed by atoms with van der Waals surface area (Å²) in [5.74, 6) is -0.145. The summed E-state index contributed by atoms with van der Waals surface area (Å²) in [7, 11) is 2.01. The number of likely N-dealkylation sites (tertiary alicyclic amines) is 1. The normalized spacial score (nSPS) is 17.5. The summed E-state index contributed by atoms with van der Waals surface area (Å²) in [5.41, 5.74) is 1.63. The Balaban J connectivity index is 1.39.